The van der Waals surface area contributed by atoms with Gasteiger partial charge in [-0.05, 0) is 42.5 Å². The lowest BCUT2D eigenvalue weighted by molar-refractivity contribution is 0.102. The first-order chi connectivity index (χ1) is 13.0. The maximum Gasteiger partial charge on any atom is 0.255 e. The van der Waals surface area contributed by atoms with Gasteiger partial charge >= 0.3 is 0 Å². The number of fused-ring (bicyclic) bond motifs is 1. The van der Waals surface area contributed by atoms with Gasteiger partial charge in [0, 0.05) is 38.0 Å². The number of imidazole rings is 1. The van der Waals surface area contributed by atoms with Gasteiger partial charge in [-0.3, -0.25) is 10.2 Å². The molecule has 7 heteroatoms. The number of aromatic nitrogens is 2. The summed E-state index contributed by atoms with van der Waals surface area (Å²) >= 11 is 0. The van der Waals surface area contributed by atoms with Gasteiger partial charge in [0.1, 0.15) is 0 Å². The summed E-state index contributed by atoms with van der Waals surface area (Å²) in [5.74, 6) is -0.247. The summed E-state index contributed by atoms with van der Waals surface area (Å²) in [5.41, 5.74) is 10.6. The number of nitrogen functional groups attached to an aromatic ring is 1. The molecule has 2 aromatic carbocycles. The van der Waals surface area contributed by atoms with Crippen molar-refractivity contribution in [2.75, 3.05) is 11.1 Å². The zero-order valence-electron chi connectivity index (χ0n) is 14.6. The number of amides is 1. The van der Waals surface area contributed by atoms with Crippen LogP contribution in [0.1, 0.15) is 24.3 Å². The molecule has 1 amide bonds. The number of furan rings is 1. The summed E-state index contributed by atoms with van der Waals surface area (Å²) in [4.78, 5) is 16.9. The van der Waals surface area contributed by atoms with Crippen LogP contribution in [0.4, 0.5) is 11.4 Å². The Morgan fingerprint density at radius 1 is 1.22 bits per heavy atom. The fourth-order valence-electron chi connectivity index (χ4n) is 2.88. The van der Waals surface area contributed by atoms with Gasteiger partial charge in [0.05, 0.1) is 35.6 Å². The maximum atomic E-state index is 12.6. The fraction of sp³-hybridized carbons (Fsp3) is 0.0500. The van der Waals surface area contributed by atoms with Crippen molar-refractivity contribution in [2.45, 2.75) is 0 Å². The standard InChI is InChI=1S/C20H17N5O2.2H2/c1-25-11-23-17-5-2-12(8-18(17)25)20(26)24-14-3-4-16(21)15(9-14)19(22)13-6-7-27-10-13;;/h2-11,22H,21H2,1H3,(H,24,26);2*1H. The highest BCUT2D eigenvalue weighted by Gasteiger charge is 2.13. The van der Waals surface area contributed by atoms with Gasteiger partial charge in [-0.1, -0.05) is 0 Å². The number of nitrogens with zero attached hydrogens (tertiary/aromatic N) is 2. The van der Waals surface area contributed by atoms with Crippen LogP contribution in [0.25, 0.3) is 11.0 Å². The minimum atomic E-state index is -0.247. The molecule has 27 heavy (non-hydrogen) atoms. The van der Waals surface area contributed by atoms with Crippen LogP contribution in [0.2, 0.25) is 0 Å². The average Bonchev–Trinajstić information content (AvgIpc) is 3.33. The summed E-state index contributed by atoms with van der Waals surface area (Å²) in [5, 5.41) is 11.2. The highest BCUT2D eigenvalue weighted by molar-refractivity contribution is 6.14. The summed E-state index contributed by atoms with van der Waals surface area (Å²) in [6.45, 7) is 0. The molecule has 0 aliphatic heterocycles. The number of carbonyl (C=O) groups excluding carboxylic acids is 1. The smallest absolute Gasteiger partial charge is 0.255 e. The molecule has 0 saturated heterocycles. The van der Waals surface area contributed by atoms with E-state index >= 15 is 0 Å². The third-order valence-electron chi connectivity index (χ3n) is 4.38. The molecule has 138 valence electrons. The number of rotatable bonds is 4. The molecule has 0 radical (unpaired) electrons. The van der Waals surface area contributed by atoms with E-state index in [1.54, 1.807) is 42.7 Å². The van der Waals surface area contributed by atoms with Gasteiger partial charge < -0.3 is 20.0 Å². The Bertz CT molecular complexity index is 1170. The number of anilines is 2. The Kier molecular flexibility index (Phi) is 3.97. The quantitative estimate of drug-likeness (QED) is 0.377. The zero-order valence-corrected chi connectivity index (χ0v) is 14.6. The van der Waals surface area contributed by atoms with E-state index in [0.29, 0.717) is 28.1 Å². The van der Waals surface area contributed by atoms with E-state index in [1.165, 1.54) is 12.5 Å². The van der Waals surface area contributed by atoms with E-state index in [2.05, 4.69) is 10.3 Å². The molecule has 0 spiro atoms. The Morgan fingerprint density at radius 2 is 2.07 bits per heavy atom. The lowest BCUT2D eigenvalue weighted by Gasteiger charge is -2.11. The van der Waals surface area contributed by atoms with Crippen LogP contribution in [0.3, 0.4) is 0 Å². The summed E-state index contributed by atoms with van der Waals surface area (Å²) < 4.78 is 6.89. The molecule has 2 heterocycles. The van der Waals surface area contributed by atoms with Gasteiger partial charge in [-0.25, -0.2) is 4.98 Å². The van der Waals surface area contributed by atoms with E-state index in [-0.39, 0.29) is 14.5 Å². The molecule has 0 atom stereocenters. The highest BCUT2D eigenvalue weighted by Crippen LogP contribution is 2.22. The second kappa shape index (κ2) is 6.45. The number of carbonyl (C=O) groups is 1. The van der Waals surface area contributed by atoms with Crippen molar-refractivity contribution in [1.29, 1.82) is 5.41 Å². The number of benzene rings is 2. The molecule has 0 unspecified atom stereocenters. The highest BCUT2D eigenvalue weighted by atomic mass is 16.3. The van der Waals surface area contributed by atoms with Crippen molar-refractivity contribution >= 4 is 34.0 Å². The third kappa shape index (κ3) is 3.06. The average molecular weight is 363 g/mol. The van der Waals surface area contributed by atoms with Crippen molar-refractivity contribution in [3.8, 4) is 0 Å². The topological polar surface area (TPSA) is 110 Å². The van der Waals surface area contributed by atoms with Crippen LogP contribution in [0, 0.1) is 5.41 Å². The Hall–Kier alpha value is -3.87. The largest absolute Gasteiger partial charge is 0.472 e. The van der Waals surface area contributed by atoms with Gasteiger partial charge in [0.2, 0.25) is 0 Å². The number of nitrogens with one attached hydrogen (secondary N) is 2. The molecule has 4 aromatic rings. The monoisotopic (exact) mass is 363 g/mol. The van der Waals surface area contributed by atoms with Crippen LogP contribution in [0.15, 0.2) is 65.7 Å². The molecule has 0 aliphatic rings. The van der Waals surface area contributed by atoms with Crippen molar-refractivity contribution in [3.63, 3.8) is 0 Å². The van der Waals surface area contributed by atoms with Crippen molar-refractivity contribution < 1.29 is 12.1 Å². The molecule has 0 aliphatic carbocycles. The predicted molar refractivity (Wildman–Crippen MR) is 108 cm³/mol. The van der Waals surface area contributed by atoms with Crippen molar-refractivity contribution in [1.82, 2.24) is 9.55 Å². The number of hydrogen-bond donors (Lipinski definition) is 3. The van der Waals surface area contributed by atoms with E-state index < -0.39 is 0 Å². The minimum Gasteiger partial charge on any atom is -0.472 e. The molecular formula is C20H21N5O2. The van der Waals surface area contributed by atoms with Crippen molar-refractivity contribution in [2.24, 2.45) is 7.05 Å². The van der Waals surface area contributed by atoms with Gasteiger partial charge in [0.15, 0.2) is 0 Å². The Labute approximate surface area is 157 Å². The van der Waals surface area contributed by atoms with Crippen LogP contribution in [-0.4, -0.2) is 21.2 Å². The van der Waals surface area contributed by atoms with E-state index in [4.69, 9.17) is 15.6 Å². The van der Waals surface area contributed by atoms with Crippen LogP contribution < -0.4 is 11.1 Å². The zero-order chi connectivity index (χ0) is 19.0. The fourth-order valence-corrected chi connectivity index (χ4v) is 2.88. The minimum absolute atomic E-state index is 0. The van der Waals surface area contributed by atoms with E-state index in [1.807, 2.05) is 17.7 Å². The lowest BCUT2D eigenvalue weighted by Crippen LogP contribution is -2.13. The van der Waals surface area contributed by atoms with Gasteiger partial charge in [-0.2, -0.15) is 0 Å². The Morgan fingerprint density at radius 3 is 2.85 bits per heavy atom. The molecule has 2 aromatic heterocycles. The van der Waals surface area contributed by atoms with Crippen LogP contribution in [0.5, 0.6) is 0 Å². The normalized spacial score (nSPS) is 10.9. The molecule has 0 fully saturated rings. The SMILES string of the molecule is Cn1cnc2ccc(C(=O)Nc3ccc(N)c(C(=N)c4ccoc4)c3)cc21.[HH].[HH]. The second-order valence-corrected chi connectivity index (χ2v) is 6.20. The van der Waals surface area contributed by atoms with Gasteiger partial charge in [0.25, 0.3) is 5.91 Å². The van der Waals surface area contributed by atoms with Crippen LogP contribution in [-0.2, 0) is 7.05 Å². The van der Waals surface area contributed by atoms with Crippen molar-refractivity contribution in [3.05, 3.63) is 78.0 Å². The molecule has 0 saturated carbocycles. The lowest BCUT2D eigenvalue weighted by atomic mass is 10.0. The van der Waals surface area contributed by atoms with Gasteiger partial charge in [-0.15, -0.1) is 0 Å². The summed E-state index contributed by atoms with van der Waals surface area (Å²) in [7, 11) is 1.88. The first-order valence-electron chi connectivity index (χ1n) is 8.26. The third-order valence-corrected chi connectivity index (χ3v) is 4.38. The Balaban J connectivity index is 0.00000150. The molecule has 7 nitrogen and oxygen atoms in total. The number of hydrogen-bond acceptors (Lipinski definition) is 5. The molecule has 0 bridgehead atoms. The maximum absolute atomic E-state index is 12.6. The molecule has 4 rings (SSSR count). The first-order valence-corrected chi connectivity index (χ1v) is 8.26. The summed E-state index contributed by atoms with van der Waals surface area (Å²) in [6.07, 6.45) is 4.69. The molecule has 4 N–H and O–H groups in total. The second-order valence-electron chi connectivity index (χ2n) is 6.20. The predicted octanol–water partition coefficient (Wildman–Crippen LogP) is 3.91. The molecular weight excluding hydrogens is 342 g/mol. The number of nitrogens with two attached hydrogens (primary N) is 1. The van der Waals surface area contributed by atoms with E-state index in [0.717, 1.165) is 11.0 Å². The van der Waals surface area contributed by atoms with Crippen LogP contribution >= 0.6 is 0 Å². The number of aryl methyl sites for hydroxylation is 1. The van der Waals surface area contributed by atoms with E-state index in [9.17, 15) is 4.79 Å². The first kappa shape index (κ1) is 16.6. The summed E-state index contributed by atoms with van der Waals surface area (Å²) in [6, 6.07) is 12.1.